The van der Waals surface area contributed by atoms with Crippen LogP contribution < -0.4 is 14.4 Å². The van der Waals surface area contributed by atoms with E-state index in [4.69, 9.17) is 19.0 Å². The number of methoxy groups -OCH3 is 2. The zero-order valence-electron chi connectivity index (χ0n) is 24.3. The molecule has 0 saturated carbocycles. The molecule has 9 nitrogen and oxygen atoms in total. The number of allylic oxidation sites excluding steroid dienone is 4. The summed E-state index contributed by atoms with van der Waals surface area (Å²) >= 11 is 0. The van der Waals surface area contributed by atoms with E-state index in [2.05, 4.69) is 16.1 Å². The van der Waals surface area contributed by atoms with E-state index in [1.165, 1.54) is 4.90 Å². The molecule has 220 valence electrons. The first kappa shape index (κ1) is 29.2. The van der Waals surface area contributed by atoms with Gasteiger partial charge in [-0.15, -0.1) is 0 Å². The summed E-state index contributed by atoms with van der Waals surface area (Å²) in [7, 11) is 3.29. The van der Waals surface area contributed by atoms with Crippen molar-refractivity contribution < 1.29 is 28.6 Å². The van der Waals surface area contributed by atoms with Gasteiger partial charge in [-0.25, -0.2) is 4.79 Å². The third-order valence-electron chi connectivity index (χ3n) is 6.95. The SMILES string of the molecule is CCCN1C(=O)/C(=C\C2C=CC(N(c3ccc(OC)cc3)c3ccc(OC)cc3)=CC2)O/C1=N/OC(=O)c1ccccc1. The van der Waals surface area contributed by atoms with Crippen molar-refractivity contribution in [2.75, 3.05) is 25.7 Å². The van der Waals surface area contributed by atoms with Crippen LogP contribution in [0, 0.1) is 5.92 Å². The van der Waals surface area contributed by atoms with Crippen LogP contribution in [-0.2, 0) is 14.4 Å². The number of hydrogen-bond acceptors (Lipinski definition) is 8. The van der Waals surface area contributed by atoms with E-state index < -0.39 is 5.97 Å². The number of oxime groups is 1. The minimum atomic E-state index is -0.635. The maximum Gasteiger partial charge on any atom is 0.365 e. The molecule has 1 saturated heterocycles. The first-order chi connectivity index (χ1) is 21.0. The Labute approximate surface area is 250 Å². The number of benzene rings is 3. The summed E-state index contributed by atoms with van der Waals surface area (Å²) < 4.78 is 16.5. The molecule has 0 aromatic heterocycles. The Morgan fingerprint density at radius 3 is 2.14 bits per heavy atom. The molecule has 9 heteroatoms. The lowest BCUT2D eigenvalue weighted by molar-refractivity contribution is -0.123. The molecule has 43 heavy (non-hydrogen) atoms. The van der Waals surface area contributed by atoms with Crippen LogP contribution >= 0.6 is 0 Å². The molecule has 1 heterocycles. The number of ether oxygens (including phenoxy) is 3. The highest BCUT2D eigenvalue weighted by molar-refractivity contribution is 6.09. The molecule has 0 spiro atoms. The minimum Gasteiger partial charge on any atom is -0.497 e. The highest BCUT2D eigenvalue weighted by Crippen LogP contribution is 2.35. The van der Waals surface area contributed by atoms with Gasteiger partial charge in [-0.2, -0.15) is 0 Å². The molecule has 1 unspecified atom stereocenters. The van der Waals surface area contributed by atoms with Gasteiger partial charge in [0.2, 0.25) is 0 Å². The summed E-state index contributed by atoms with van der Waals surface area (Å²) in [6.45, 7) is 2.32. The van der Waals surface area contributed by atoms with E-state index in [1.54, 1.807) is 50.6 Å². The van der Waals surface area contributed by atoms with Crippen LogP contribution in [0.2, 0.25) is 0 Å². The normalized spacial score (nSPS) is 17.9. The van der Waals surface area contributed by atoms with Gasteiger partial charge in [0.05, 0.1) is 19.8 Å². The molecule has 5 rings (SSSR count). The summed E-state index contributed by atoms with van der Waals surface area (Å²) in [5.41, 5.74) is 3.26. The highest BCUT2D eigenvalue weighted by atomic mass is 16.7. The largest absolute Gasteiger partial charge is 0.497 e. The first-order valence-corrected chi connectivity index (χ1v) is 14.0. The number of amides is 1. The van der Waals surface area contributed by atoms with Crippen LogP contribution in [0.25, 0.3) is 0 Å². The predicted octanol–water partition coefficient (Wildman–Crippen LogP) is 6.58. The van der Waals surface area contributed by atoms with Gasteiger partial charge < -0.3 is 23.9 Å². The van der Waals surface area contributed by atoms with Gasteiger partial charge in [-0.1, -0.05) is 37.3 Å². The Kier molecular flexibility index (Phi) is 9.21. The van der Waals surface area contributed by atoms with Crippen LogP contribution in [0.4, 0.5) is 11.4 Å². The summed E-state index contributed by atoms with van der Waals surface area (Å²) in [4.78, 5) is 34.2. The topological polar surface area (TPSA) is 89.9 Å². The van der Waals surface area contributed by atoms with Crippen LogP contribution in [0.3, 0.4) is 0 Å². The molecule has 3 aromatic rings. The average molecular weight is 580 g/mol. The van der Waals surface area contributed by atoms with Crippen LogP contribution in [0.15, 0.2) is 120 Å². The van der Waals surface area contributed by atoms with E-state index >= 15 is 0 Å². The number of hydrogen-bond donors (Lipinski definition) is 0. The van der Waals surface area contributed by atoms with E-state index in [1.807, 2.05) is 67.6 Å². The van der Waals surface area contributed by atoms with Gasteiger partial charge >= 0.3 is 12.0 Å². The van der Waals surface area contributed by atoms with E-state index in [9.17, 15) is 9.59 Å². The molecule has 2 aliphatic rings. The molecule has 0 bridgehead atoms. The van der Waals surface area contributed by atoms with Gasteiger partial charge in [-0.05, 0) is 90.8 Å². The van der Waals surface area contributed by atoms with Crippen LogP contribution in [-0.4, -0.2) is 43.6 Å². The maximum absolute atomic E-state index is 13.2. The molecule has 1 fully saturated rings. The molecule has 0 radical (unpaired) electrons. The van der Waals surface area contributed by atoms with E-state index in [0.29, 0.717) is 24.9 Å². The van der Waals surface area contributed by atoms with Gasteiger partial charge in [-0.3, -0.25) is 9.69 Å². The zero-order chi connectivity index (χ0) is 30.2. The van der Waals surface area contributed by atoms with Gasteiger partial charge in [0.25, 0.3) is 5.91 Å². The predicted molar refractivity (Wildman–Crippen MR) is 164 cm³/mol. The van der Waals surface area contributed by atoms with Crippen molar-refractivity contribution in [3.05, 3.63) is 120 Å². The monoisotopic (exact) mass is 579 g/mol. The molecule has 1 aliphatic heterocycles. The van der Waals surface area contributed by atoms with E-state index in [-0.39, 0.29) is 23.6 Å². The number of carbonyl (C=O) groups excluding carboxylic acids is 2. The van der Waals surface area contributed by atoms with Crippen molar-refractivity contribution in [3.8, 4) is 11.5 Å². The number of carbonyl (C=O) groups is 2. The van der Waals surface area contributed by atoms with Gasteiger partial charge in [0, 0.05) is 29.5 Å². The molecule has 1 aliphatic carbocycles. The smallest absolute Gasteiger partial charge is 0.365 e. The summed E-state index contributed by atoms with van der Waals surface area (Å²) in [5, 5.41) is 3.88. The molecule has 1 amide bonds. The molecule has 0 N–H and O–H groups in total. The lowest BCUT2D eigenvalue weighted by Gasteiger charge is -2.28. The van der Waals surface area contributed by atoms with E-state index in [0.717, 1.165) is 28.6 Å². The molecule has 1 atom stereocenters. The molecular formula is C34H33N3O6. The Bertz CT molecular complexity index is 1510. The second-order valence-electron chi connectivity index (χ2n) is 9.83. The highest BCUT2D eigenvalue weighted by Gasteiger charge is 2.35. The second-order valence-corrected chi connectivity index (χ2v) is 9.83. The summed E-state index contributed by atoms with van der Waals surface area (Å²) in [6, 6.07) is 24.2. The fourth-order valence-electron chi connectivity index (χ4n) is 4.74. The number of rotatable bonds is 10. The summed E-state index contributed by atoms with van der Waals surface area (Å²) in [6.07, 6.45) is 9.28. The Hall–Kier alpha value is -5.31. The lowest BCUT2D eigenvalue weighted by atomic mass is 9.97. The summed E-state index contributed by atoms with van der Waals surface area (Å²) in [5.74, 6) is 0.646. The quantitative estimate of drug-likeness (QED) is 0.152. The third kappa shape index (κ3) is 6.78. The lowest BCUT2D eigenvalue weighted by Crippen LogP contribution is -2.31. The minimum absolute atomic E-state index is 0.0522. The van der Waals surface area contributed by atoms with Gasteiger partial charge in [0.15, 0.2) is 5.76 Å². The van der Waals surface area contributed by atoms with Crippen molar-refractivity contribution in [2.24, 2.45) is 11.1 Å². The number of nitrogens with zero attached hydrogens (tertiary/aromatic N) is 3. The molecular weight excluding hydrogens is 546 g/mol. The maximum atomic E-state index is 13.2. The van der Waals surface area contributed by atoms with Crippen molar-refractivity contribution in [1.82, 2.24) is 4.90 Å². The third-order valence-corrected chi connectivity index (χ3v) is 6.95. The van der Waals surface area contributed by atoms with Crippen molar-refractivity contribution in [3.63, 3.8) is 0 Å². The van der Waals surface area contributed by atoms with Crippen molar-refractivity contribution >= 4 is 29.3 Å². The van der Waals surface area contributed by atoms with Crippen LogP contribution in [0.1, 0.15) is 30.1 Å². The fourth-order valence-corrected chi connectivity index (χ4v) is 4.74. The first-order valence-electron chi connectivity index (χ1n) is 14.0. The van der Waals surface area contributed by atoms with Crippen molar-refractivity contribution in [1.29, 1.82) is 0 Å². The fraction of sp³-hybridized carbons (Fsp3) is 0.206. The standard InChI is InChI=1S/C34H33N3O6/c1-4-22-36-32(38)31(42-34(36)35-43-33(39)25-8-6-5-7-9-25)23-24-10-12-26(13-11-24)37(27-14-18-29(40-2)19-15-27)28-16-20-30(41-3)21-17-28/h5-10,12-21,23-24H,4,11,22H2,1-3H3/b31-23+,35-34+. The number of anilines is 2. The zero-order valence-corrected chi connectivity index (χ0v) is 24.3. The number of amidine groups is 1. The average Bonchev–Trinajstić information content (AvgIpc) is 3.35. The Morgan fingerprint density at radius 2 is 1.60 bits per heavy atom. The second kappa shape index (κ2) is 13.6. The van der Waals surface area contributed by atoms with Crippen LogP contribution in [0.5, 0.6) is 11.5 Å². The van der Waals surface area contributed by atoms with Crippen molar-refractivity contribution in [2.45, 2.75) is 19.8 Å². The Balaban J connectivity index is 1.34. The van der Waals surface area contributed by atoms with Gasteiger partial charge in [0.1, 0.15) is 11.5 Å². The Morgan fingerprint density at radius 1 is 0.977 bits per heavy atom. The molecule has 3 aromatic carbocycles.